The normalized spacial score (nSPS) is 16.0. The van der Waals surface area contributed by atoms with Crippen LogP contribution in [0, 0.1) is 0 Å². The van der Waals surface area contributed by atoms with Gasteiger partial charge in [0.05, 0.1) is 11.4 Å². The van der Waals surface area contributed by atoms with E-state index >= 15 is 0 Å². The lowest BCUT2D eigenvalue weighted by Crippen LogP contribution is -2.60. The van der Waals surface area contributed by atoms with E-state index < -0.39 is 23.5 Å². The third-order valence-electron chi connectivity index (χ3n) is 4.58. The van der Waals surface area contributed by atoms with Crippen LogP contribution in [0.3, 0.4) is 0 Å². The Kier molecular flexibility index (Phi) is 5.04. The molecule has 0 radical (unpaired) electrons. The maximum atomic E-state index is 13.1. The summed E-state index contributed by atoms with van der Waals surface area (Å²) >= 11 is 0. The number of benzene rings is 1. The lowest BCUT2D eigenvalue weighted by atomic mass is 9.95. The summed E-state index contributed by atoms with van der Waals surface area (Å²) in [5.74, 6) is -1.59. The summed E-state index contributed by atoms with van der Waals surface area (Å²) in [5, 5.41) is 2.77. The van der Waals surface area contributed by atoms with E-state index in [4.69, 9.17) is 4.74 Å². The van der Waals surface area contributed by atoms with Gasteiger partial charge in [-0.25, -0.2) is 0 Å². The zero-order valence-electron chi connectivity index (χ0n) is 15.8. The molecule has 0 fully saturated rings. The van der Waals surface area contributed by atoms with Gasteiger partial charge in [-0.15, -0.1) is 0 Å². The molecule has 2 amide bonds. The van der Waals surface area contributed by atoms with E-state index in [0.717, 1.165) is 0 Å². The maximum Gasteiger partial charge on any atom is 0.326 e. The van der Waals surface area contributed by atoms with Crippen molar-refractivity contribution in [3.05, 3.63) is 59.0 Å². The third-order valence-corrected chi connectivity index (χ3v) is 4.58. The molecule has 1 aromatic heterocycles. The fourth-order valence-electron chi connectivity index (χ4n) is 3.04. The number of carbonyl (C=O) groups is 3. The van der Waals surface area contributed by atoms with Crippen LogP contribution in [0.25, 0.3) is 0 Å². The molecular formula is C20H21N3O5. The van der Waals surface area contributed by atoms with Crippen molar-refractivity contribution in [1.29, 1.82) is 0 Å². The second-order valence-electron chi connectivity index (χ2n) is 7.00. The van der Waals surface area contributed by atoms with Crippen LogP contribution in [-0.4, -0.2) is 34.0 Å². The highest BCUT2D eigenvalue weighted by Gasteiger charge is 2.45. The predicted molar refractivity (Wildman–Crippen MR) is 103 cm³/mol. The molecule has 1 aliphatic rings. The van der Waals surface area contributed by atoms with Crippen molar-refractivity contribution in [3.8, 4) is 0 Å². The SMILES string of the molecule is C[C@@H](OC(=O)Cn1ccccc1=O)C(=O)N1c2ccccc2NC(=O)C1(C)C. The first-order valence-corrected chi connectivity index (χ1v) is 8.81. The van der Waals surface area contributed by atoms with Gasteiger partial charge in [0.15, 0.2) is 6.10 Å². The Bertz CT molecular complexity index is 995. The lowest BCUT2D eigenvalue weighted by molar-refractivity contribution is -0.155. The zero-order chi connectivity index (χ0) is 20.5. The number of carbonyl (C=O) groups excluding carboxylic acids is 3. The summed E-state index contributed by atoms with van der Waals surface area (Å²) in [5.41, 5.74) is -0.474. The van der Waals surface area contributed by atoms with Crippen LogP contribution in [0.1, 0.15) is 20.8 Å². The van der Waals surface area contributed by atoms with Gasteiger partial charge in [0.25, 0.3) is 11.5 Å². The van der Waals surface area contributed by atoms with Gasteiger partial charge in [-0.3, -0.25) is 24.1 Å². The first kappa shape index (κ1) is 19.3. The van der Waals surface area contributed by atoms with Gasteiger partial charge in [0.1, 0.15) is 12.1 Å². The number of esters is 1. The molecule has 0 saturated carbocycles. The average molecular weight is 383 g/mol. The van der Waals surface area contributed by atoms with Crippen molar-refractivity contribution in [2.45, 2.75) is 39.0 Å². The Labute approximate surface area is 161 Å². The molecule has 8 heteroatoms. The molecule has 0 aliphatic carbocycles. The highest BCUT2D eigenvalue weighted by atomic mass is 16.5. The molecule has 1 aliphatic heterocycles. The van der Waals surface area contributed by atoms with Gasteiger partial charge < -0.3 is 14.6 Å². The molecule has 0 saturated heterocycles. The number of aromatic nitrogens is 1. The van der Waals surface area contributed by atoms with E-state index in [1.54, 1.807) is 50.2 Å². The highest BCUT2D eigenvalue weighted by molar-refractivity contribution is 6.15. The van der Waals surface area contributed by atoms with E-state index in [9.17, 15) is 19.2 Å². The molecule has 8 nitrogen and oxygen atoms in total. The number of pyridine rings is 1. The predicted octanol–water partition coefficient (Wildman–Crippen LogP) is 1.54. The Balaban J connectivity index is 1.80. The van der Waals surface area contributed by atoms with Crippen LogP contribution in [0.5, 0.6) is 0 Å². The van der Waals surface area contributed by atoms with E-state index in [1.807, 2.05) is 0 Å². The lowest BCUT2D eigenvalue weighted by Gasteiger charge is -2.42. The molecule has 2 heterocycles. The summed E-state index contributed by atoms with van der Waals surface area (Å²) in [6.07, 6.45) is 0.329. The minimum atomic E-state index is -1.16. The minimum absolute atomic E-state index is 0.308. The third kappa shape index (κ3) is 3.53. The van der Waals surface area contributed by atoms with Crippen molar-refractivity contribution < 1.29 is 19.1 Å². The summed E-state index contributed by atoms with van der Waals surface area (Å²) in [7, 11) is 0. The smallest absolute Gasteiger partial charge is 0.326 e. The van der Waals surface area contributed by atoms with Crippen molar-refractivity contribution in [2.24, 2.45) is 0 Å². The first-order valence-electron chi connectivity index (χ1n) is 8.81. The Morgan fingerprint density at radius 2 is 1.79 bits per heavy atom. The maximum absolute atomic E-state index is 13.1. The summed E-state index contributed by atoms with van der Waals surface area (Å²) in [6, 6.07) is 11.4. The van der Waals surface area contributed by atoms with Crippen molar-refractivity contribution in [1.82, 2.24) is 4.57 Å². The number of nitrogens with zero attached hydrogens (tertiary/aromatic N) is 2. The molecule has 28 heavy (non-hydrogen) atoms. The number of ether oxygens (including phenoxy) is 1. The fourth-order valence-corrected chi connectivity index (χ4v) is 3.04. The monoisotopic (exact) mass is 383 g/mol. The number of rotatable bonds is 4. The van der Waals surface area contributed by atoms with Crippen molar-refractivity contribution in [2.75, 3.05) is 10.2 Å². The molecule has 1 N–H and O–H groups in total. The quantitative estimate of drug-likeness (QED) is 0.808. The summed E-state index contributed by atoms with van der Waals surface area (Å²) in [6.45, 7) is 4.37. The van der Waals surface area contributed by atoms with Crippen LogP contribution >= 0.6 is 0 Å². The number of anilines is 2. The number of para-hydroxylation sites is 2. The van der Waals surface area contributed by atoms with Gasteiger partial charge in [0, 0.05) is 12.3 Å². The number of hydrogen-bond acceptors (Lipinski definition) is 5. The number of amides is 2. The molecule has 3 rings (SSSR count). The largest absolute Gasteiger partial charge is 0.451 e. The highest BCUT2D eigenvalue weighted by Crippen LogP contribution is 2.37. The van der Waals surface area contributed by atoms with Crippen molar-refractivity contribution in [3.63, 3.8) is 0 Å². The van der Waals surface area contributed by atoms with E-state index in [-0.39, 0.29) is 18.0 Å². The molecule has 1 aromatic carbocycles. The number of fused-ring (bicyclic) bond motifs is 1. The van der Waals surface area contributed by atoms with Crippen LogP contribution in [-0.2, 0) is 25.7 Å². The molecule has 0 spiro atoms. The van der Waals surface area contributed by atoms with Crippen LogP contribution in [0.15, 0.2) is 53.5 Å². The Hall–Kier alpha value is -3.42. The number of nitrogens with one attached hydrogen (secondary N) is 1. The molecule has 0 bridgehead atoms. The Morgan fingerprint density at radius 3 is 2.50 bits per heavy atom. The molecule has 0 unspecified atom stereocenters. The van der Waals surface area contributed by atoms with E-state index in [2.05, 4.69) is 5.32 Å². The van der Waals surface area contributed by atoms with Gasteiger partial charge >= 0.3 is 5.97 Å². The van der Waals surface area contributed by atoms with E-state index in [0.29, 0.717) is 11.4 Å². The van der Waals surface area contributed by atoms with Crippen LogP contribution in [0.4, 0.5) is 11.4 Å². The van der Waals surface area contributed by atoms with Gasteiger partial charge in [-0.1, -0.05) is 18.2 Å². The van der Waals surface area contributed by atoms with E-state index in [1.165, 1.54) is 28.7 Å². The van der Waals surface area contributed by atoms with Gasteiger partial charge in [0.2, 0.25) is 5.91 Å². The van der Waals surface area contributed by atoms with Crippen molar-refractivity contribution >= 4 is 29.2 Å². The van der Waals surface area contributed by atoms with Gasteiger partial charge in [-0.2, -0.15) is 0 Å². The fraction of sp³-hybridized carbons (Fsp3) is 0.300. The average Bonchev–Trinajstić information content (AvgIpc) is 2.64. The first-order chi connectivity index (χ1) is 13.2. The standard InChI is InChI=1S/C20H21N3O5/c1-13(28-17(25)12-22-11-7-6-10-16(22)24)18(26)23-15-9-5-4-8-14(15)21-19(27)20(23,2)3/h4-11,13H,12H2,1-3H3,(H,21,27)/t13-/m1/s1. The second kappa shape index (κ2) is 7.30. The molecular weight excluding hydrogens is 362 g/mol. The van der Waals surface area contributed by atoms with Crippen LogP contribution < -0.4 is 15.8 Å². The second-order valence-corrected chi connectivity index (χ2v) is 7.00. The Morgan fingerprint density at radius 1 is 1.11 bits per heavy atom. The summed E-state index contributed by atoms with van der Waals surface area (Å²) < 4.78 is 6.43. The molecule has 146 valence electrons. The number of hydrogen-bond donors (Lipinski definition) is 1. The minimum Gasteiger partial charge on any atom is -0.451 e. The van der Waals surface area contributed by atoms with Gasteiger partial charge in [-0.05, 0) is 39.0 Å². The topological polar surface area (TPSA) is 97.7 Å². The zero-order valence-corrected chi connectivity index (χ0v) is 15.8. The molecule has 2 aromatic rings. The van der Waals surface area contributed by atoms with Crippen LogP contribution in [0.2, 0.25) is 0 Å². The molecule has 1 atom stereocenters. The summed E-state index contributed by atoms with van der Waals surface area (Å²) in [4.78, 5) is 50.8.